The lowest BCUT2D eigenvalue weighted by molar-refractivity contribution is -0.124. The summed E-state index contributed by atoms with van der Waals surface area (Å²) >= 11 is 0. The van der Waals surface area contributed by atoms with Crippen molar-refractivity contribution in [3.05, 3.63) is 65.7 Å². The zero-order chi connectivity index (χ0) is 19.3. The van der Waals surface area contributed by atoms with E-state index in [9.17, 15) is 9.59 Å². The SMILES string of the molecule is CCNCc1cccc(NC(=O)C2(C)CCCN2C(=O)c2ccccc2)c1. The number of carbonyl (C=O) groups excluding carboxylic acids is 2. The molecule has 1 unspecified atom stereocenters. The predicted octanol–water partition coefficient (Wildman–Crippen LogP) is 3.43. The van der Waals surface area contributed by atoms with Crippen LogP contribution in [0.2, 0.25) is 0 Å². The van der Waals surface area contributed by atoms with Gasteiger partial charge in [-0.1, -0.05) is 37.3 Å². The highest BCUT2D eigenvalue weighted by atomic mass is 16.2. The van der Waals surface area contributed by atoms with Crippen molar-refractivity contribution in [3.63, 3.8) is 0 Å². The lowest BCUT2D eigenvalue weighted by Gasteiger charge is -2.34. The van der Waals surface area contributed by atoms with E-state index in [1.54, 1.807) is 17.0 Å². The number of nitrogens with one attached hydrogen (secondary N) is 2. The van der Waals surface area contributed by atoms with Gasteiger partial charge < -0.3 is 15.5 Å². The third-order valence-electron chi connectivity index (χ3n) is 5.16. The van der Waals surface area contributed by atoms with Crippen LogP contribution in [-0.4, -0.2) is 35.3 Å². The van der Waals surface area contributed by atoms with Gasteiger partial charge in [0.15, 0.2) is 0 Å². The second-order valence-corrected chi connectivity index (χ2v) is 7.14. The first-order valence-electron chi connectivity index (χ1n) is 9.53. The molecule has 0 aliphatic carbocycles. The lowest BCUT2D eigenvalue weighted by atomic mass is 9.96. The summed E-state index contributed by atoms with van der Waals surface area (Å²) < 4.78 is 0. The summed E-state index contributed by atoms with van der Waals surface area (Å²) in [5.74, 6) is -0.225. The highest BCUT2D eigenvalue weighted by Gasteiger charge is 2.45. The standard InChI is InChI=1S/C22H27N3O2/c1-3-23-16-17-9-7-12-19(15-17)24-21(27)22(2)13-8-14-25(22)20(26)18-10-5-4-6-11-18/h4-7,9-12,15,23H,3,8,13-14,16H2,1-2H3,(H,24,27). The summed E-state index contributed by atoms with van der Waals surface area (Å²) in [5.41, 5.74) is 1.65. The van der Waals surface area contributed by atoms with Crippen LogP contribution in [0.15, 0.2) is 54.6 Å². The van der Waals surface area contributed by atoms with Crippen molar-refractivity contribution in [2.45, 2.75) is 38.8 Å². The molecule has 1 fully saturated rings. The van der Waals surface area contributed by atoms with Crippen LogP contribution in [0.4, 0.5) is 5.69 Å². The molecular formula is C22H27N3O2. The van der Waals surface area contributed by atoms with Gasteiger partial charge in [-0.25, -0.2) is 0 Å². The van der Waals surface area contributed by atoms with Crippen molar-refractivity contribution in [1.29, 1.82) is 0 Å². The molecule has 0 spiro atoms. The monoisotopic (exact) mass is 365 g/mol. The largest absolute Gasteiger partial charge is 0.324 e. The van der Waals surface area contributed by atoms with Crippen molar-refractivity contribution in [3.8, 4) is 0 Å². The summed E-state index contributed by atoms with van der Waals surface area (Å²) in [5, 5.41) is 6.30. The van der Waals surface area contributed by atoms with E-state index in [0.29, 0.717) is 18.5 Å². The fraction of sp³-hybridized carbons (Fsp3) is 0.364. The number of amides is 2. The topological polar surface area (TPSA) is 61.4 Å². The van der Waals surface area contributed by atoms with Crippen molar-refractivity contribution >= 4 is 17.5 Å². The van der Waals surface area contributed by atoms with Gasteiger partial charge in [0.2, 0.25) is 5.91 Å². The normalized spacial score (nSPS) is 19.1. The van der Waals surface area contributed by atoms with Crippen molar-refractivity contribution in [2.24, 2.45) is 0 Å². The van der Waals surface area contributed by atoms with E-state index in [1.165, 1.54) is 0 Å². The van der Waals surface area contributed by atoms with E-state index in [1.807, 2.05) is 49.4 Å². The zero-order valence-corrected chi connectivity index (χ0v) is 16.0. The summed E-state index contributed by atoms with van der Waals surface area (Å²) in [6.07, 6.45) is 1.48. The minimum absolute atomic E-state index is 0.0911. The average molecular weight is 365 g/mol. The molecule has 0 bridgehead atoms. The molecule has 142 valence electrons. The molecule has 2 amide bonds. The van der Waals surface area contributed by atoms with Gasteiger partial charge in [0.1, 0.15) is 5.54 Å². The van der Waals surface area contributed by atoms with E-state index < -0.39 is 5.54 Å². The van der Waals surface area contributed by atoms with Gasteiger partial charge in [0.05, 0.1) is 0 Å². The third-order valence-corrected chi connectivity index (χ3v) is 5.16. The number of hydrogen-bond donors (Lipinski definition) is 2. The van der Waals surface area contributed by atoms with Crippen LogP contribution in [0, 0.1) is 0 Å². The Balaban J connectivity index is 1.75. The van der Waals surface area contributed by atoms with Crippen LogP contribution >= 0.6 is 0 Å². The van der Waals surface area contributed by atoms with Crippen LogP contribution in [-0.2, 0) is 11.3 Å². The first-order chi connectivity index (χ1) is 13.0. The Morgan fingerprint density at radius 1 is 1.11 bits per heavy atom. The quantitative estimate of drug-likeness (QED) is 0.824. The van der Waals surface area contributed by atoms with Gasteiger partial charge in [-0.2, -0.15) is 0 Å². The summed E-state index contributed by atoms with van der Waals surface area (Å²) in [6, 6.07) is 17.0. The van der Waals surface area contributed by atoms with Gasteiger partial charge in [-0.3, -0.25) is 9.59 Å². The van der Waals surface area contributed by atoms with E-state index in [2.05, 4.69) is 17.6 Å². The Kier molecular flexibility index (Phi) is 5.91. The number of hydrogen-bond acceptors (Lipinski definition) is 3. The highest BCUT2D eigenvalue weighted by molar-refractivity contribution is 6.03. The summed E-state index contributed by atoms with van der Waals surface area (Å²) in [4.78, 5) is 27.7. The summed E-state index contributed by atoms with van der Waals surface area (Å²) in [6.45, 7) is 6.17. The number of rotatable bonds is 6. The molecule has 1 atom stereocenters. The number of anilines is 1. The number of carbonyl (C=O) groups is 2. The molecule has 2 aromatic carbocycles. The molecule has 3 rings (SSSR count). The fourth-order valence-electron chi connectivity index (χ4n) is 3.56. The lowest BCUT2D eigenvalue weighted by Crippen LogP contribution is -2.53. The molecule has 27 heavy (non-hydrogen) atoms. The van der Waals surface area contributed by atoms with Crippen molar-refractivity contribution in [1.82, 2.24) is 10.2 Å². The highest BCUT2D eigenvalue weighted by Crippen LogP contribution is 2.32. The van der Waals surface area contributed by atoms with E-state index in [-0.39, 0.29) is 11.8 Å². The smallest absolute Gasteiger partial charge is 0.254 e. The van der Waals surface area contributed by atoms with E-state index >= 15 is 0 Å². The Hall–Kier alpha value is -2.66. The fourth-order valence-corrected chi connectivity index (χ4v) is 3.56. The second-order valence-electron chi connectivity index (χ2n) is 7.14. The Morgan fingerprint density at radius 3 is 2.63 bits per heavy atom. The summed E-state index contributed by atoms with van der Waals surface area (Å²) in [7, 11) is 0. The first kappa shape index (κ1) is 19.1. The van der Waals surface area contributed by atoms with Crippen molar-refractivity contribution < 1.29 is 9.59 Å². The average Bonchev–Trinajstić information content (AvgIpc) is 3.10. The third kappa shape index (κ3) is 4.19. The molecule has 5 heteroatoms. The zero-order valence-electron chi connectivity index (χ0n) is 16.0. The van der Waals surface area contributed by atoms with Crippen LogP contribution in [0.25, 0.3) is 0 Å². The van der Waals surface area contributed by atoms with Crippen LogP contribution in [0.3, 0.4) is 0 Å². The molecule has 0 saturated carbocycles. The second kappa shape index (κ2) is 8.35. The van der Waals surface area contributed by atoms with Gasteiger partial charge in [-0.05, 0) is 56.1 Å². The minimum Gasteiger partial charge on any atom is -0.324 e. The van der Waals surface area contributed by atoms with Crippen LogP contribution in [0.1, 0.15) is 42.6 Å². The minimum atomic E-state index is -0.843. The molecule has 1 heterocycles. The molecule has 1 aliphatic heterocycles. The molecule has 2 aromatic rings. The van der Waals surface area contributed by atoms with Crippen LogP contribution < -0.4 is 10.6 Å². The van der Waals surface area contributed by atoms with E-state index in [0.717, 1.165) is 30.8 Å². The molecule has 1 aliphatic rings. The van der Waals surface area contributed by atoms with Gasteiger partial charge in [0.25, 0.3) is 5.91 Å². The van der Waals surface area contributed by atoms with Gasteiger partial charge >= 0.3 is 0 Å². The van der Waals surface area contributed by atoms with Gasteiger partial charge in [-0.15, -0.1) is 0 Å². The molecular weight excluding hydrogens is 338 g/mol. The molecule has 0 radical (unpaired) electrons. The first-order valence-corrected chi connectivity index (χ1v) is 9.53. The predicted molar refractivity (Wildman–Crippen MR) is 108 cm³/mol. The van der Waals surface area contributed by atoms with Crippen LogP contribution in [0.5, 0.6) is 0 Å². The maximum atomic E-state index is 13.1. The molecule has 2 N–H and O–H groups in total. The number of nitrogens with zero attached hydrogens (tertiary/aromatic N) is 1. The Bertz CT molecular complexity index is 806. The Labute approximate surface area is 160 Å². The molecule has 0 aromatic heterocycles. The van der Waals surface area contributed by atoms with Gasteiger partial charge in [0, 0.05) is 24.3 Å². The number of benzene rings is 2. The molecule has 5 nitrogen and oxygen atoms in total. The maximum Gasteiger partial charge on any atom is 0.254 e. The maximum absolute atomic E-state index is 13.1. The van der Waals surface area contributed by atoms with Crippen molar-refractivity contribution in [2.75, 3.05) is 18.4 Å². The number of likely N-dealkylation sites (tertiary alicyclic amines) is 1. The molecule has 1 saturated heterocycles. The van der Waals surface area contributed by atoms with E-state index in [4.69, 9.17) is 0 Å². The Morgan fingerprint density at radius 2 is 1.89 bits per heavy atom.